The van der Waals surface area contributed by atoms with Crippen molar-refractivity contribution in [1.82, 2.24) is 5.32 Å². The average molecular weight is 368 g/mol. The number of halogens is 3. The van der Waals surface area contributed by atoms with Crippen molar-refractivity contribution in [2.45, 2.75) is 12.8 Å². The maximum absolute atomic E-state index is 14.0. The zero-order chi connectivity index (χ0) is 15.1. The van der Waals surface area contributed by atoms with Crippen LogP contribution in [0.3, 0.4) is 0 Å². The number of carbonyl (C=O) groups is 1. The van der Waals surface area contributed by atoms with Crippen molar-refractivity contribution in [2.75, 3.05) is 50.1 Å². The number of anilines is 2. The van der Waals surface area contributed by atoms with Gasteiger partial charge in [-0.25, -0.2) is 4.39 Å². The molecule has 1 heterocycles. The van der Waals surface area contributed by atoms with E-state index < -0.39 is 5.82 Å². The van der Waals surface area contributed by atoms with Crippen molar-refractivity contribution in [3.63, 3.8) is 0 Å². The first kappa shape index (κ1) is 21.9. The summed E-state index contributed by atoms with van der Waals surface area (Å²) in [6.07, 6.45) is 2.20. The molecule has 0 unspecified atom stereocenters. The number of ether oxygens (including phenoxy) is 1. The highest BCUT2D eigenvalue weighted by atomic mass is 35.5. The van der Waals surface area contributed by atoms with Gasteiger partial charge in [0.25, 0.3) is 0 Å². The standard InChI is InChI=1S/C15H22FN3O2.2ClH/c1-21-10-7-17-11-14(20)18-15-12(16)5-4-6-13(15)19-8-2-3-9-19;;/h4-6,17H,2-3,7-11H2,1H3,(H,18,20);2*1H. The number of hydrogen-bond acceptors (Lipinski definition) is 4. The molecule has 1 aliphatic rings. The van der Waals surface area contributed by atoms with Crippen LogP contribution in [0, 0.1) is 5.82 Å². The van der Waals surface area contributed by atoms with Crippen molar-refractivity contribution in [3.05, 3.63) is 24.0 Å². The molecule has 0 aromatic heterocycles. The first-order chi connectivity index (χ1) is 10.2. The van der Waals surface area contributed by atoms with Crippen molar-refractivity contribution in [2.24, 2.45) is 0 Å². The van der Waals surface area contributed by atoms with Crippen LogP contribution in [0.2, 0.25) is 0 Å². The number of methoxy groups -OCH3 is 1. The van der Waals surface area contributed by atoms with Crippen LogP contribution in [-0.4, -0.2) is 45.8 Å². The highest BCUT2D eigenvalue weighted by Crippen LogP contribution is 2.31. The molecule has 0 spiro atoms. The summed E-state index contributed by atoms with van der Waals surface area (Å²) < 4.78 is 18.9. The van der Waals surface area contributed by atoms with E-state index in [4.69, 9.17) is 4.74 Å². The SMILES string of the molecule is COCCNCC(=O)Nc1c(F)cccc1N1CCCC1.Cl.Cl. The van der Waals surface area contributed by atoms with E-state index in [9.17, 15) is 9.18 Å². The lowest BCUT2D eigenvalue weighted by molar-refractivity contribution is -0.115. The van der Waals surface area contributed by atoms with E-state index in [0.29, 0.717) is 13.2 Å². The van der Waals surface area contributed by atoms with Crippen LogP contribution in [-0.2, 0) is 9.53 Å². The van der Waals surface area contributed by atoms with Gasteiger partial charge in [0.1, 0.15) is 11.5 Å². The largest absolute Gasteiger partial charge is 0.383 e. The molecule has 2 N–H and O–H groups in total. The lowest BCUT2D eigenvalue weighted by Crippen LogP contribution is -2.31. The third kappa shape index (κ3) is 6.51. The fraction of sp³-hybridized carbons (Fsp3) is 0.533. The van der Waals surface area contributed by atoms with E-state index in [1.165, 1.54) is 6.07 Å². The number of benzene rings is 1. The minimum absolute atomic E-state index is 0. The Morgan fingerprint density at radius 2 is 2.00 bits per heavy atom. The Kier molecular flexibility index (Phi) is 10.9. The van der Waals surface area contributed by atoms with Crippen molar-refractivity contribution < 1.29 is 13.9 Å². The molecule has 0 atom stereocenters. The molecule has 0 saturated carbocycles. The number of amides is 1. The van der Waals surface area contributed by atoms with Gasteiger partial charge in [-0.3, -0.25) is 4.79 Å². The number of rotatable bonds is 7. The first-order valence-corrected chi connectivity index (χ1v) is 7.25. The maximum Gasteiger partial charge on any atom is 0.238 e. The topological polar surface area (TPSA) is 53.6 Å². The second kappa shape index (κ2) is 11.5. The smallest absolute Gasteiger partial charge is 0.238 e. The molecule has 1 aromatic carbocycles. The van der Waals surface area contributed by atoms with E-state index in [2.05, 4.69) is 15.5 Å². The lowest BCUT2D eigenvalue weighted by atomic mass is 10.2. The van der Waals surface area contributed by atoms with Gasteiger partial charge in [-0.1, -0.05) is 6.07 Å². The highest BCUT2D eigenvalue weighted by Gasteiger charge is 2.19. The summed E-state index contributed by atoms with van der Waals surface area (Å²) in [6.45, 7) is 3.06. The molecule has 1 aliphatic heterocycles. The number of carbonyl (C=O) groups excluding carboxylic acids is 1. The molecule has 132 valence electrons. The molecule has 1 fully saturated rings. The molecule has 23 heavy (non-hydrogen) atoms. The van der Waals surface area contributed by atoms with Crippen LogP contribution in [0.1, 0.15) is 12.8 Å². The van der Waals surface area contributed by atoms with E-state index in [0.717, 1.165) is 31.6 Å². The van der Waals surface area contributed by atoms with E-state index in [1.807, 2.05) is 6.07 Å². The van der Waals surface area contributed by atoms with Crippen LogP contribution in [0.25, 0.3) is 0 Å². The summed E-state index contributed by atoms with van der Waals surface area (Å²) in [4.78, 5) is 14.0. The van der Waals surface area contributed by atoms with Crippen LogP contribution < -0.4 is 15.5 Å². The van der Waals surface area contributed by atoms with Crippen LogP contribution in [0.5, 0.6) is 0 Å². The Bertz CT molecular complexity index is 486. The van der Waals surface area contributed by atoms with Gasteiger partial charge in [-0.05, 0) is 25.0 Å². The molecule has 1 aromatic rings. The second-order valence-electron chi connectivity index (χ2n) is 5.05. The predicted octanol–water partition coefficient (Wildman–Crippen LogP) is 2.44. The third-order valence-corrected chi connectivity index (χ3v) is 3.47. The van der Waals surface area contributed by atoms with Crippen molar-refractivity contribution in [3.8, 4) is 0 Å². The molecular weight excluding hydrogens is 344 g/mol. The van der Waals surface area contributed by atoms with Crippen molar-refractivity contribution in [1.29, 1.82) is 0 Å². The molecule has 0 aliphatic carbocycles. The maximum atomic E-state index is 14.0. The summed E-state index contributed by atoms with van der Waals surface area (Å²) >= 11 is 0. The summed E-state index contributed by atoms with van der Waals surface area (Å²) in [6, 6.07) is 4.89. The molecule has 1 amide bonds. The van der Waals surface area contributed by atoms with Crippen molar-refractivity contribution >= 4 is 42.1 Å². The van der Waals surface area contributed by atoms with Crippen LogP contribution in [0.15, 0.2) is 18.2 Å². The van der Waals surface area contributed by atoms with Gasteiger partial charge in [0.2, 0.25) is 5.91 Å². The fourth-order valence-corrected chi connectivity index (χ4v) is 2.42. The quantitative estimate of drug-likeness (QED) is 0.726. The predicted molar refractivity (Wildman–Crippen MR) is 95.7 cm³/mol. The number of para-hydroxylation sites is 1. The minimum atomic E-state index is -0.398. The summed E-state index contributed by atoms with van der Waals surface area (Å²) in [5.41, 5.74) is 1.04. The highest BCUT2D eigenvalue weighted by molar-refractivity contribution is 5.95. The second-order valence-corrected chi connectivity index (χ2v) is 5.05. The molecule has 1 saturated heterocycles. The Morgan fingerprint density at radius 3 is 2.65 bits per heavy atom. The molecule has 0 bridgehead atoms. The number of nitrogens with one attached hydrogen (secondary N) is 2. The molecule has 8 heteroatoms. The Hall–Kier alpha value is -1.08. The van der Waals surface area contributed by atoms with E-state index in [1.54, 1.807) is 13.2 Å². The zero-order valence-corrected chi connectivity index (χ0v) is 14.8. The first-order valence-electron chi connectivity index (χ1n) is 7.25. The Labute approximate surface area is 148 Å². The van der Waals surface area contributed by atoms with Gasteiger partial charge in [-0.15, -0.1) is 24.8 Å². The molecule has 0 radical (unpaired) electrons. The monoisotopic (exact) mass is 367 g/mol. The van der Waals surface area contributed by atoms with Crippen LogP contribution >= 0.6 is 24.8 Å². The van der Waals surface area contributed by atoms with Crippen LogP contribution in [0.4, 0.5) is 15.8 Å². The van der Waals surface area contributed by atoms with E-state index in [-0.39, 0.29) is 43.0 Å². The lowest BCUT2D eigenvalue weighted by Gasteiger charge is -2.22. The molecular formula is C15H24Cl2FN3O2. The normalized spacial score (nSPS) is 13.2. The molecule has 2 rings (SSSR count). The van der Waals surface area contributed by atoms with Gasteiger partial charge in [0.05, 0.1) is 18.8 Å². The van der Waals surface area contributed by atoms with Gasteiger partial charge in [0.15, 0.2) is 0 Å². The Morgan fingerprint density at radius 1 is 1.30 bits per heavy atom. The summed E-state index contributed by atoms with van der Waals surface area (Å²) in [5.74, 6) is -0.652. The van der Waals surface area contributed by atoms with Gasteiger partial charge >= 0.3 is 0 Å². The number of nitrogens with zero attached hydrogens (tertiary/aromatic N) is 1. The minimum Gasteiger partial charge on any atom is -0.383 e. The zero-order valence-electron chi connectivity index (χ0n) is 13.1. The average Bonchev–Trinajstić information content (AvgIpc) is 3.00. The summed E-state index contributed by atoms with van der Waals surface area (Å²) in [7, 11) is 1.60. The van der Waals surface area contributed by atoms with Gasteiger partial charge < -0.3 is 20.3 Å². The molecule has 5 nitrogen and oxygen atoms in total. The van der Waals surface area contributed by atoms with E-state index >= 15 is 0 Å². The number of hydrogen-bond donors (Lipinski definition) is 2. The fourth-order valence-electron chi connectivity index (χ4n) is 2.42. The third-order valence-electron chi connectivity index (χ3n) is 3.47. The summed E-state index contributed by atoms with van der Waals surface area (Å²) in [5, 5.41) is 5.62. The van der Waals surface area contributed by atoms with Gasteiger partial charge in [-0.2, -0.15) is 0 Å². The Balaban J connectivity index is 0.00000242. The van der Waals surface area contributed by atoms with Gasteiger partial charge in [0, 0.05) is 26.7 Å².